The van der Waals surface area contributed by atoms with Crippen LogP contribution in [0.3, 0.4) is 0 Å². The summed E-state index contributed by atoms with van der Waals surface area (Å²) in [4.78, 5) is 0. The van der Waals surface area contributed by atoms with Gasteiger partial charge in [0.05, 0.1) is 17.4 Å². The molecule has 2 atom stereocenters. The van der Waals surface area contributed by atoms with E-state index in [0.717, 1.165) is 5.56 Å². The maximum absolute atomic E-state index is 12.2. The summed E-state index contributed by atoms with van der Waals surface area (Å²) < 4.78 is 32.6. The predicted octanol–water partition coefficient (Wildman–Crippen LogP) is 1.26. The van der Waals surface area contributed by atoms with Crippen molar-refractivity contribution >= 4 is 15.7 Å². The number of anilines is 1. The topological polar surface area (TPSA) is 81.4 Å². The number of hydrogen-bond donors (Lipinski definition) is 2. The van der Waals surface area contributed by atoms with Crippen LogP contribution < -0.4 is 10.5 Å². The zero-order chi connectivity index (χ0) is 14.1. The molecule has 1 aliphatic heterocycles. The van der Waals surface area contributed by atoms with Gasteiger partial charge in [0, 0.05) is 12.3 Å². The number of nitrogens with two attached hydrogens (primary N) is 1. The van der Waals surface area contributed by atoms with E-state index < -0.39 is 15.6 Å². The number of rotatable bonds is 4. The molecule has 1 saturated heterocycles. The van der Waals surface area contributed by atoms with Gasteiger partial charge < -0.3 is 10.5 Å². The Kier molecular flexibility index (Phi) is 3.85. The number of benzene rings is 1. The maximum Gasteiger partial charge on any atom is 0.216 e. The van der Waals surface area contributed by atoms with Crippen molar-refractivity contribution in [3.05, 3.63) is 29.8 Å². The van der Waals surface area contributed by atoms with Crippen molar-refractivity contribution in [3.8, 4) is 0 Å². The number of nitrogen functional groups attached to an aromatic ring is 1. The quantitative estimate of drug-likeness (QED) is 0.815. The maximum atomic E-state index is 12.2. The summed E-state index contributed by atoms with van der Waals surface area (Å²) in [6.07, 6.45) is 0.573. The smallest absolute Gasteiger partial charge is 0.216 e. The lowest BCUT2D eigenvalue weighted by Crippen LogP contribution is -2.50. The zero-order valence-electron chi connectivity index (χ0n) is 11.2. The van der Waals surface area contributed by atoms with Crippen LogP contribution in [-0.2, 0) is 20.5 Å². The summed E-state index contributed by atoms with van der Waals surface area (Å²) in [7, 11) is -3.39. The Hall–Kier alpha value is -1.11. The van der Waals surface area contributed by atoms with E-state index in [1.807, 2.05) is 13.8 Å². The number of hydrogen-bond acceptors (Lipinski definition) is 4. The molecule has 3 N–H and O–H groups in total. The Morgan fingerprint density at radius 1 is 1.42 bits per heavy atom. The molecular weight excluding hydrogens is 264 g/mol. The predicted molar refractivity (Wildman–Crippen MR) is 75.0 cm³/mol. The van der Waals surface area contributed by atoms with E-state index in [2.05, 4.69) is 4.72 Å². The normalized spacial score (nSPS) is 27.6. The minimum absolute atomic E-state index is 0.0460. The van der Waals surface area contributed by atoms with Gasteiger partial charge in [-0.1, -0.05) is 12.1 Å². The molecule has 5 nitrogen and oxygen atoms in total. The molecule has 0 aliphatic carbocycles. The van der Waals surface area contributed by atoms with Gasteiger partial charge in [0.2, 0.25) is 10.0 Å². The lowest BCUT2D eigenvalue weighted by Gasteiger charge is -2.28. The molecule has 2 rings (SSSR count). The zero-order valence-corrected chi connectivity index (χ0v) is 12.0. The first-order valence-corrected chi connectivity index (χ1v) is 7.94. The van der Waals surface area contributed by atoms with Crippen LogP contribution >= 0.6 is 0 Å². The molecule has 0 amide bonds. The van der Waals surface area contributed by atoms with Crippen molar-refractivity contribution in [2.24, 2.45) is 0 Å². The van der Waals surface area contributed by atoms with Crippen LogP contribution in [0.25, 0.3) is 0 Å². The molecule has 0 radical (unpaired) electrons. The minimum Gasteiger partial charge on any atom is -0.399 e. The van der Waals surface area contributed by atoms with Crippen LogP contribution in [0.5, 0.6) is 0 Å². The van der Waals surface area contributed by atoms with Gasteiger partial charge in [-0.3, -0.25) is 0 Å². The van der Waals surface area contributed by atoms with Gasteiger partial charge in [-0.15, -0.1) is 0 Å². The summed E-state index contributed by atoms with van der Waals surface area (Å²) >= 11 is 0. The van der Waals surface area contributed by atoms with E-state index in [1.54, 1.807) is 24.3 Å². The Balaban J connectivity index is 2.09. The molecule has 1 aromatic rings. The number of ether oxygens (including phenoxy) is 1. The number of nitrogens with one attached hydrogen (secondary N) is 1. The summed E-state index contributed by atoms with van der Waals surface area (Å²) in [6.45, 7) is 4.35. The van der Waals surface area contributed by atoms with E-state index in [1.165, 1.54) is 0 Å². The Labute approximate surface area is 114 Å². The average molecular weight is 284 g/mol. The fourth-order valence-corrected chi connectivity index (χ4v) is 3.88. The monoisotopic (exact) mass is 284 g/mol. The third-order valence-electron chi connectivity index (χ3n) is 3.61. The molecule has 1 aliphatic rings. The van der Waals surface area contributed by atoms with E-state index in [-0.39, 0.29) is 11.9 Å². The minimum atomic E-state index is -3.39. The van der Waals surface area contributed by atoms with Crippen molar-refractivity contribution in [1.82, 2.24) is 4.72 Å². The molecule has 0 bridgehead atoms. The third-order valence-corrected chi connectivity index (χ3v) is 5.10. The Morgan fingerprint density at radius 2 is 2.05 bits per heavy atom. The van der Waals surface area contributed by atoms with Crippen LogP contribution in [-0.4, -0.2) is 26.7 Å². The molecular formula is C13H20N2O3S. The van der Waals surface area contributed by atoms with Crippen LogP contribution in [0.15, 0.2) is 24.3 Å². The van der Waals surface area contributed by atoms with E-state index in [0.29, 0.717) is 18.7 Å². The van der Waals surface area contributed by atoms with Crippen molar-refractivity contribution < 1.29 is 13.2 Å². The van der Waals surface area contributed by atoms with E-state index in [4.69, 9.17) is 10.5 Å². The highest BCUT2D eigenvalue weighted by atomic mass is 32.2. The van der Waals surface area contributed by atoms with Gasteiger partial charge >= 0.3 is 0 Å². The standard InChI is InChI=1S/C13H20N2O3S/c1-10-13(2,7-8-18-10)15-19(16,17)9-11-3-5-12(14)6-4-11/h3-6,10,15H,7-9,14H2,1-2H3. The van der Waals surface area contributed by atoms with Crippen LogP contribution in [0.2, 0.25) is 0 Å². The molecule has 106 valence electrons. The average Bonchev–Trinajstić information content (AvgIpc) is 2.61. The van der Waals surface area contributed by atoms with Gasteiger partial charge in [-0.05, 0) is 38.0 Å². The van der Waals surface area contributed by atoms with Gasteiger partial charge in [-0.25, -0.2) is 13.1 Å². The SMILES string of the molecule is CC1OCCC1(C)NS(=O)(=O)Cc1ccc(N)cc1. The molecule has 0 saturated carbocycles. The number of sulfonamides is 1. The second-order valence-corrected chi connectivity index (χ2v) is 7.01. The van der Waals surface area contributed by atoms with Gasteiger partial charge in [0.15, 0.2) is 0 Å². The second-order valence-electron chi connectivity index (χ2n) is 5.28. The van der Waals surface area contributed by atoms with Crippen molar-refractivity contribution in [2.75, 3.05) is 12.3 Å². The van der Waals surface area contributed by atoms with Gasteiger partial charge in [0.1, 0.15) is 0 Å². The molecule has 2 unspecified atom stereocenters. The van der Waals surface area contributed by atoms with Crippen LogP contribution in [0, 0.1) is 0 Å². The molecule has 6 heteroatoms. The molecule has 1 aromatic carbocycles. The van der Waals surface area contributed by atoms with Crippen molar-refractivity contribution in [2.45, 2.75) is 37.7 Å². The summed E-state index contributed by atoms with van der Waals surface area (Å²) in [5, 5.41) is 0. The van der Waals surface area contributed by atoms with Crippen LogP contribution in [0.1, 0.15) is 25.8 Å². The fraction of sp³-hybridized carbons (Fsp3) is 0.538. The highest BCUT2D eigenvalue weighted by Crippen LogP contribution is 2.26. The Bertz CT molecular complexity index is 542. The first-order valence-electron chi connectivity index (χ1n) is 6.28. The van der Waals surface area contributed by atoms with Crippen molar-refractivity contribution in [3.63, 3.8) is 0 Å². The molecule has 0 aromatic heterocycles. The summed E-state index contributed by atoms with van der Waals surface area (Å²) in [5.41, 5.74) is 6.40. The molecule has 1 heterocycles. The van der Waals surface area contributed by atoms with E-state index in [9.17, 15) is 8.42 Å². The molecule has 0 spiro atoms. The molecule has 19 heavy (non-hydrogen) atoms. The van der Waals surface area contributed by atoms with Crippen molar-refractivity contribution in [1.29, 1.82) is 0 Å². The first-order chi connectivity index (χ1) is 8.81. The molecule has 1 fully saturated rings. The fourth-order valence-electron chi connectivity index (χ4n) is 2.19. The van der Waals surface area contributed by atoms with Gasteiger partial charge in [-0.2, -0.15) is 0 Å². The highest BCUT2D eigenvalue weighted by molar-refractivity contribution is 7.88. The third kappa shape index (κ3) is 3.46. The lowest BCUT2D eigenvalue weighted by molar-refractivity contribution is 0.0957. The summed E-state index contributed by atoms with van der Waals surface area (Å²) in [5.74, 6) is -0.0460. The lowest BCUT2D eigenvalue weighted by atomic mass is 9.97. The highest BCUT2D eigenvalue weighted by Gasteiger charge is 2.40. The van der Waals surface area contributed by atoms with Gasteiger partial charge in [0.25, 0.3) is 0 Å². The van der Waals surface area contributed by atoms with Crippen LogP contribution in [0.4, 0.5) is 5.69 Å². The largest absolute Gasteiger partial charge is 0.399 e. The first kappa shape index (κ1) is 14.3. The van der Waals surface area contributed by atoms with E-state index >= 15 is 0 Å². The summed E-state index contributed by atoms with van der Waals surface area (Å²) in [6, 6.07) is 6.86. The second kappa shape index (κ2) is 5.11. The Morgan fingerprint density at radius 3 is 2.58 bits per heavy atom.